The number of hydrogen-bond donors (Lipinski definition) is 1. The van der Waals surface area contributed by atoms with E-state index in [1.54, 1.807) is 11.8 Å². The molecule has 2 aromatic carbocycles. The van der Waals surface area contributed by atoms with Gasteiger partial charge in [-0.3, -0.25) is 4.79 Å². The third-order valence-corrected chi connectivity index (χ3v) is 6.13. The van der Waals surface area contributed by atoms with Gasteiger partial charge in [-0.05, 0) is 59.3 Å². The van der Waals surface area contributed by atoms with Crippen LogP contribution in [0.3, 0.4) is 0 Å². The van der Waals surface area contributed by atoms with Crippen molar-refractivity contribution < 1.29 is 13.9 Å². The van der Waals surface area contributed by atoms with Gasteiger partial charge in [-0.1, -0.05) is 29.2 Å². The second-order valence-corrected chi connectivity index (χ2v) is 8.30. The predicted molar refractivity (Wildman–Crippen MR) is 114 cm³/mol. The number of anilines is 1. The van der Waals surface area contributed by atoms with Gasteiger partial charge in [0.15, 0.2) is 0 Å². The zero-order chi connectivity index (χ0) is 21.8. The second-order valence-electron chi connectivity index (χ2n) is 6.30. The molecule has 0 saturated heterocycles. The quantitative estimate of drug-likeness (QED) is 0.420. The number of methoxy groups -OCH3 is 1. The van der Waals surface area contributed by atoms with Crippen LogP contribution in [-0.2, 0) is 5.75 Å². The molecule has 0 unspecified atom stereocenters. The Kier molecular flexibility index (Phi) is 6.18. The van der Waals surface area contributed by atoms with E-state index >= 15 is 0 Å². The van der Waals surface area contributed by atoms with Crippen LogP contribution in [0.2, 0.25) is 0 Å². The van der Waals surface area contributed by atoms with E-state index in [9.17, 15) is 9.18 Å². The Morgan fingerprint density at radius 2 is 2.00 bits per heavy atom. The van der Waals surface area contributed by atoms with Crippen molar-refractivity contribution in [2.45, 2.75) is 17.8 Å². The Morgan fingerprint density at radius 3 is 2.77 bits per heavy atom. The SMILES string of the molecule is COc1ccc(C)cc1-n1nnnc1SCc1nnc(C(=O)Nc2ccc(F)cc2)s1. The van der Waals surface area contributed by atoms with Gasteiger partial charge in [0.2, 0.25) is 10.2 Å². The van der Waals surface area contributed by atoms with Gasteiger partial charge in [-0.25, -0.2) is 4.39 Å². The average molecular weight is 458 g/mol. The summed E-state index contributed by atoms with van der Waals surface area (Å²) in [4.78, 5) is 12.3. The Hall–Kier alpha value is -3.38. The largest absolute Gasteiger partial charge is 0.494 e. The first-order valence-corrected chi connectivity index (χ1v) is 10.8. The molecule has 158 valence electrons. The maximum Gasteiger partial charge on any atom is 0.286 e. The second kappa shape index (κ2) is 9.18. The van der Waals surface area contributed by atoms with Crippen molar-refractivity contribution in [1.29, 1.82) is 0 Å². The van der Waals surface area contributed by atoms with Crippen LogP contribution < -0.4 is 10.1 Å². The van der Waals surface area contributed by atoms with Crippen LogP contribution in [-0.4, -0.2) is 43.4 Å². The molecule has 31 heavy (non-hydrogen) atoms. The minimum Gasteiger partial charge on any atom is -0.494 e. The molecule has 1 N–H and O–H groups in total. The lowest BCUT2D eigenvalue weighted by atomic mass is 10.2. The van der Waals surface area contributed by atoms with Crippen molar-refractivity contribution in [2.24, 2.45) is 0 Å². The predicted octanol–water partition coefficient (Wildman–Crippen LogP) is 3.51. The van der Waals surface area contributed by atoms with Crippen LogP contribution in [0, 0.1) is 12.7 Å². The van der Waals surface area contributed by atoms with Gasteiger partial charge < -0.3 is 10.1 Å². The maximum absolute atomic E-state index is 13.0. The summed E-state index contributed by atoms with van der Waals surface area (Å²) in [6, 6.07) is 11.2. The summed E-state index contributed by atoms with van der Waals surface area (Å²) in [7, 11) is 1.59. The highest BCUT2D eigenvalue weighted by molar-refractivity contribution is 7.98. The number of aromatic nitrogens is 6. The standard InChI is InChI=1S/C19H16FN7O2S2/c1-11-3-8-15(29-2)14(9-11)27-19(24-25-26-27)30-10-16-22-23-18(31-16)17(28)21-13-6-4-12(20)5-7-13/h3-9H,10H2,1-2H3,(H,21,28). The number of carbonyl (C=O) groups is 1. The zero-order valence-electron chi connectivity index (χ0n) is 16.4. The van der Waals surface area contributed by atoms with E-state index in [0.717, 1.165) is 11.3 Å². The van der Waals surface area contributed by atoms with Gasteiger partial charge in [0.1, 0.15) is 22.3 Å². The van der Waals surface area contributed by atoms with E-state index in [1.807, 2.05) is 25.1 Å². The van der Waals surface area contributed by atoms with E-state index in [-0.39, 0.29) is 10.8 Å². The number of ether oxygens (including phenoxy) is 1. The van der Waals surface area contributed by atoms with Crippen molar-refractivity contribution >= 4 is 34.7 Å². The number of tetrazole rings is 1. The van der Waals surface area contributed by atoms with Crippen molar-refractivity contribution in [2.75, 3.05) is 12.4 Å². The molecule has 4 aromatic rings. The van der Waals surface area contributed by atoms with E-state index in [2.05, 4.69) is 31.0 Å². The Balaban J connectivity index is 1.44. The first kappa shape index (κ1) is 20.9. The van der Waals surface area contributed by atoms with Crippen LogP contribution in [0.4, 0.5) is 10.1 Å². The maximum atomic E-state index is 13.0. The lowest BCUT2D eigenvalue weighted by molar-refractivity contribution is 0.102. The van der Waals surface area contributed by atoms with E-state index < -0.39 is 5.91 Å². The lowest BCUT2D eigenvalue weighted by Crippen LogP contribution is -2.11. The molecule has 4 rings (SSSR count). The third kappa shape index (κ3) is 4.86. The monoisotopic (exact) mass is 457 g/mol. The molecule has 0 atom stereocenters. The first-order valence-electron chi connectivity index (χ1n) is 8.99. The third-order valence-electron chi connectivity index (χ3n) is 4.09. The number of nitrogens with zero attached hydrogens (tertiary/aromatic N) is 6. The number of nitrogens with one attached hydrogen (secondary N) is 1. The molecule has 1 amide bonds. The van der Waals surface area contributed by atoms with Crippen LogP contribution in [0.25, 0.3) is 5.69 Å². The summed E-state index contributed by atoms with van der Waals surface area (Å²) in [5.41, 5.74) is 2.25. The fourth-order valence-corrected chi connectivity index (χ4v) is 4.24. The fourth-order valence-electron chi connectivity index (χ4n) is 2.63. The summed E-state index contributed by atoms with van der Waals surface area (Å²) in [5.74, 6) is 0.291. The van der Waals surface area contributed by atoms with E-state index in [4.69, 9.17) is 4.74 Å². The number of halogens is 1. The summed E-state index contributed by atoms with van der Waals surface area (Å²) < 4.78 is 20.0. The van der Waals surface area contributed by atoms with Crippen molar-refractivity contribution in [3.63, 3.8) is 0 Å². The minimum atomic E-state index is -0.408. The minimum absolute atomic E-state index is 0.208. The van der Waals surface area contributed by atoms with Crippen molar-refractivity contribution in [1.82, 2.24) is 30.4 Å². The number of amides is 1. The molecule has 0 spiro atoms. The number of hydrogen-bond acceptors (Lipinski definition) is 9. The Morgan fingerprint density at radius 1 is 1.19 bits per heavy atom. The molecule has 0 radical (unpaired) electrons. The molecule has 2 heterocycles. The van der Waals surface area contributed by atoms with Gasteiger partial charge in [0, 0.05) is 5.69 Å². The van der Waals surface area contributed by atoms with Crippen LogP contribution in [0.5, 0.6) is 5.75 Å². The molecule has 12 heteroatoms. The normalized spacial score (nSPS) is 10.8. The van der Waals surface area contributed by atoms with Crippen molar-refractivity contribution in [3.05, 3.63) is 63.9 Å². The zero-order valence-corrected chi connectivity index (χ0v) is 18.1. The molecule has 9 nitrogen and oxygen atoms in total. The molecule has 0 bridgehead atoms. The van der Waals surface area contributed by atoms with Gasteiger partial charge in [-0.15, -0.1) is 15.3 Å². The number of rotatable bonds is 7. The molecule has 0 fully saturated rings. The highest BCUT2D eigenvalue weighted by Crippen LogP contribution is 2.29. The summed E-state index contributed by atoms with van der Waals surface area (Å²) >= 11 is 2.53. The fraction of sp³-hybridized carbons (Fsp3) is 0.158. The molecular weight excluding hydrogens is 441 g/mol. The number of carbonyl (C=O) groups excluding carboxylic acids is 1. The van der Waals surface area contributed by atoms with Gasteiger partial charge in [0.05, 0.1) is 12.9 Å². The summed E-state index contributed by atoms with van der Waals surface area (Å²) in [5, 5.41) is 24.0. The van der Waals surface area contributed by atoms with E-state index in [0.29, 0.717) is 27.4 Å². The Bertz CT molecular complexity index is 1210. The number of thioether (sulfide) groups is 1. The van der Waals surface area contributed by atoms with Gasteiger partial charge >= 0.3 is 0 Å². The number of aryl methyl sites for hydroxylation is 1. The molecule has 0 aliphatic heterocycles. The summed E-state index contributed by atoms with van der Waals surface area (Å²) in [6.07, 6.45) is 0. The molecule has 0 saturated carbocycles. The molecule has 0 aliphatic rings. The molecule has 0 aliphatic carbocycles. The number of benzene rings is 2. The van der Waals surface area contributed by atoms with Crippen molar-refractivity contribution in [3.8, 4) is 11.4 Å². The highest BCUT2D eigenvalue weighted by Gasteiger charge is 2.17. The Labute approximate surface area is 184 Å². The van der Waals surface area contributed by atoms with Crippen LogP contribution in [0.15, 0.2) is 47.6 Å². The topological polar surface area (TPSA) is 108 Å². The lowest BCUT2D eigenvalue weighted by Gasteiger charge is -2.09. The van der Waals surface area contributed by atoms with E-state index in [1.165, 1.54) is 47.4 Å². The van der Waals surface area contributed by atoms with Crippen LogP contribution >= 0.6 is 23.1 Å². The molecular formula is C19H16FN7O2S2. The average Bonchev–Trinajstić information content (AvgIpc) is 3.43. The first-order chi connectivity index (χ1) is 15.0. The smallest absolute Gasteiger partial charge is 0.286 e. The molecule has 2 aromatic heterocycles. The van der Waals surface area contributed by atoms with Gasteiger partial charge in [0.25, 0.3) is 5.91 Å². The summed E-state index contributed by atoms with van der Waals surface area (Å²) in [6.45, 7) is 1.97. The van der Waals surface area contributed by atoms with Crippen LogP contribution in [0.1, 0.15) is 20.4 Å². The highest BCUT2D eigenvalue weighted by atomic mass is 32.2. The van der Waals surface area contributed by atoms with Gasteiger partial charge in [-0.2, -0.15) is 4.68 Å².